The Morgan fingerprint density at radius 1 is 1.24 bits per heavy atom. The summed E-state index contributed by atoms with van der Waals surface area (Å²) in [6, 6.07) is 5.51. The van der Waals surface area contributed by atoms with Gasteiger partial charge >= 0.3 is 18.0 Å². The van der Waals surface area contributed by atoms with E-state index in [1.807, 2.05) is 0 Å². The van der Waals surface area contributed by atoms with Crippen molar-refractivity contribution in [2.45, 2.75) is 18.0 Å². The molecule has 0 aliphatic heterocycles. The number of carboxylic acids is 2. The summed E-state index contributed by atoms with van der Waals surface area (Å²) in [4.78, 5) is 34.9. The molecule has 9 nitrogen and oxygen atoms in total. The molecule has 3 rings (SSSR count). The molecule has 0 bridgehead atoms. The number of ether oxygens (including phenoxy) is 1. The Kier molecular flexibility index (Phi) is 4.03. The number of hydrogen-bond donors (Lipinski definition) is 5. The minimum atomic E-state index is -1.63. The molecule has 5 atom stereocenters. The lowest BCUT2D eigenvalue weighted by Crippen LogP contribution is -2.52. The number of amides is 2. The van der Waals surface area contributed by atoms with Gasteiger partial charge < -0.3 is 31.3 Å². The second-order valence-electron chi connectivity index (χ2n) is 6.45. The SMILES string of the molecule is COc1ccc(NC(=O)NC2CC(N)(C(=O)O)C3C(C(=O)O)C23)cc1. The van der Waals surface area contributed by atoms with E-state index < -0.39 is 47.3 Å². The molecule has 0 saturated heterocycles. The first-order valence-corrected chi connectivity index (χ1v) is 7.74. The van der Waals surface area contributed by atoms with Gasteiger partial charge in [0.25, 0.3) is 0 Å². The third-order valence-corrected chi connectivity index (χ3v) is 5.04. The molecule has 2 fully saturated rings. The molecule has 0 radical (unpaired) electrons. The molecule has 2 saturated carbocycles. The number of nitrogens with two attached hydrogens (primary N) is 1. The van der Waals surface area contributed by atoms with Gasteiger partial charge in [0.05, 0.1) is 13.0 Å². The van der Waals surface area contributed by atoms with Crippen LogP contribution >= 0.6 is 0 Å². The quantitative estimate of drug-likeness (QED) is 0.513. The molecule has 5 unspecified atom stereocenters. The number of carbonyl (C=O) groups excluding carboxylic acids is 1. The van der Waals surface area contributed by atoms with Crippen molar-refractivity contribution in [3.05, 3.63) is 24.3 Å². The Morgan fingerprint density at radius 3 is 2.40 bits per heavy atom. The summed E-state index contributed by atoms with van der Waals surface area (Å²) in [5.41, 5.74) is 4.81. The summed E-state index contributed by atoms with van der Waals surface area (Å²) >= 11 is 0. The second kappa shape index (κ2) is 5.92. The highest BCUT2D eigenvalue weighted by Crippen LogP contribution is 2.61. The van der Waals surface area contributed by atoms with E-state index >= 15 is 0 Å². The number of rotatable bonds is 5. The Hall–Kier alpha value is -2.81. The number of aliphatic carboxylic acids is 2. The van der Waals surface area contributed by atoms with Gasteiger partial charge in [-0.3, -0.25) is 9.59 Å². The molecule has 2 aliphatic rings. The van der Waals surface area contributed by atoms with E-state index in [0.29, 0.717) is 11.4 Å². The zero-order chi connectivity index (χ0) is 18.4. The maximum atomic E-state index is 12.2. The number of carboxylic acid groups (broad SMARTS) is 2. The van der Waals surface area contributed by atoms with Crippen molar-refractivity contribution in [1.29, 1.82) is 0 Å². The number of benzene rings is 1. The molecule has 25 heavy (non-hydrogen) atoms. The summed E-state index contributed by atoms with van der Waals surface area (Å²) in [5.74, 6) is -3.68. The van der Waals surface area contributed by atoms with Gasteiger partial charge in [-0.25, -0.2) is 4.79 Å². The lowest BCUT2D eigenvalue weighted by Gasteiger charge is -2.25. The Morgan fingerprint density at radius 2 is 1.88 bits per heavy atom. The fourth-order valence-corrected chi connectivity index (χ4v) is 3.84. The van der Waals surface area contributed by atoms with Gasteiger partial charge in [-0.05, 0) is 36.6 Å². The van der Waals surface area contributed by atoms with Crippen LogP contribution in [0.2, 0.25) is 0 Å². The number of carbonyl (C=O) groups is 3. The van der Waals surface area contributed by atoms with Crippen LogP contribution in [-0.2, 0) is 9.59 Å². The van der Waals surface area contributed by atoms with E-state index in [0.717, 1.165) is 0 Å². The largest absolute Gasteiger partial charge is 0.497 e. The van der Waals surface area contributed by atoms with Crippen LogP contribution in [0.1, 0.15) is 6.42 Å². The normalized spacial score (nSPS) is 32.4. The summed E-state index contributed by atoms with van der Waals surface area (Å²) in [6.45, 7) is 0. The van der Waals surface area contributed by atoms with Crippen LogP contribution in [0, 0.1) is 17.8 Å². The molecule has 0 spiro atoms. The van der Waals surface area contributed by atoms with Crippen LogP contribution in [0.25, 0.3) is 0 Å². The van der Waals surface area contributed by atoms with Gasteiger partial charge in [0.2, 0.25) is 0 Å². The zero-order valence-electron chi connectivity index (χ0n) is 13.4. The molecule has 134 valence electrons. The predicted octanol–water partition coefficient (Wildman–Crippen LogP) is 0.318. The molecule has 2 amide bonds. The first-order valence-electron chi connectivity index (χ1n) is 7.74. The number of methoxy groups -OCH3 is 1. The lowest BCUT2D eigenvalue weighted by atomic mass is 9.90. The van der Waals surface area contributed by atoms with Crippen molar-refractivity contribution in [2.24, 2.45) is 23.5 Å². The van der Waals surface area contributed by atoms with Crippen molar-refractivity contribution >= 4 is 23.7 Å². The summed E-state index contributed by atoms with van der Waals surface area (Å²) in [6.07, 6.45) is -0.00250. The maximum absolute atomic E-state index is 12.2. The standard InChI is InChI=1S/C16H19N3O6/c1-25-8-4-2-7(3-5-8)18-15(24)19-9-6-16(17,14(22)23)12-10(9)11(12)13(20)21/h2-5,9-12H,6,17H2,1H3,(H,20,21)(H,22,23)(H2,18,19,24). The number of nitrogens with one attached hydrogen (secondary N) is 2. The molecule has 1 aromatic rings. The summed E-state index contributed by atoms with van der Waals surface area (Å²) < 4.78 is 5.03. The first-order chi connectivity index (χ1) is 11.8. The molecular weight excluding hydrogens is 330 g/mol. The summed E-state index contributed by atoms with van der Waals surface area (Å²) in [5, 5.41) is 23.8. The number of anilines is 1. The van der Waals surface area contributed by atoms with Crippen LogP contribution in [0.4, 0.5) is 10.5 Å². The minimum Gasteiger partial charge on any atom is -0.497 e. The Labute approximate surface area is 143 Å². The molecule has 1 aromatic carbocycles. The van der Waals surface area contributed by atoms with Crippen molar-refractivity contribution < 1.29 is 29.3 Å². The number of urea groups is 1. The molecule has 9 heteroatoms. The van der Waals surface area contributed by atoms with Crippen molar-refractivity contribution in [1.82, 2.24) is 5.32 Å². The molecule has 2 aliphatic carbocycles. The summed E-state index contributed by atoms with van der Waals surface area (Å²) in [7, 11) is 1.53. The predicted molar refractivity (Wildman–Crippen MR) is 86.2 cm³/mol. The monoisotopic (exact) mass is 349 g/mol. The van der Waals surface area contributed by atoms with Crippen molar-refractivity contribution in [3.8, 4) is 5.75 Å². The van der Waals surface area contributed by atoms with Crippen LogP contribution < -0.4 is 21.1 Å². The van der Waals surface area contributed by atoms with E-state index in [-0.39, 0.29) is 6.42 Å². The second-order valence-corrected chi connectivity index (χ2v) is 6.45. The van der Waals surface area contributed by atoms with Crippen LogP contribution in [-0.4, -0.2) is 46.9 Å². The Bertz CT molecular complexity index is 721. The molecule has 6 N–H and O–H groups in total. The van der Waals surface area contributed by atoms with Gasteiger partial charge in [-0.2, -0.15) is 0 Å². The van der Waals surface area contributed by atoms with Gasteiger partial charge in [0.15, 0.2) is 0 Å². The highest BCUT2D eigenvalue weighted by molar-refractivity contribution is 5.91. The first kappa shape index (κ1) is 17.0. The fraction of sp³-hybridized carbons (Fsp3) is 0.438. The van der Waals surface area contributed by atoms with Gasteiger partial charge in [0, 0.05) is 17.6 Å². The molecule has 0 heterocycles. The van der Waals surface area contributed by atoms with Crippen molar-refractivity contribution in [3.63, 3.8) is 0 Å². The van der Waals surface area contributed by atoms with E-state index in [9.17, 15) is 24.6 Å². The van der Waals surface area contributed by atoms with E-state index in [1.54, 1.807) is 24.3 Å². The highest BCUT2D eigenvalue weighted by atomic mass is 16.5. The fourth-order valence-electron chi connectivity index (χ4n) is 3.84. The van der Waals surface area contributed by atoms with Crippen LogP contribution in [0.15, 0.2) is 24.3 Å². The third-order valence-electron chi connectivity index (χ3n) is 5.04. The van der Waals surface area contributed by atoms with Crippen LogP contribution in [0.3, 0.4) is 0 Å². The van der Waals surface area contributed by atoms with E-state index in [1.165, 1.54) is 7.11 Å². The average molecular weight is 349 g/mol. The average Bonchev–Trinajstić information content (AvgIpc) is 3.24. The van der Waals surface area contributed by atoms with Gasteiger partial charge in [-0.15, -0.1) is 0 Å². The van der Waals surface area contributed by atoms with E-state index in [4.69, 9.17) is 10.5 Å². The minimum absolute atomic E-state index is 0.00250. The van der Waals surface area contributed by atoms with Gasteiger partial charge in [0.1, 0.15) is 11.3 Å². The maximum Gasteiger partial charge on any atom is 0.324 e. The smallest absolute Gasteiger partial charge is 0.324 e. The third kappa shape index (κ3) is 2.86. The number of hydrogen-bond acceptors (Lipinski definition) is 5. The number of fused-ring (bicyclic) bond motifs is 1. The van der Waals surface area contributed by atoms with Crippen molar-refractivity contribution in [2.75, 3.05) is 12.4 Å². The molecule has 0 aromatic heterocycles. The zero-order valence-corrected chi connectivity index (χ0v) is 13.4. The van der Waals surface area contributed by atoms with Crippen LogP contribution in [0.5, 0.6) is 5.75 Å². The van der Waals surface area contributed by atoms with E-state index in [2.05, 4.69) is 10.6 Å². The highest BCUT2D eigenvalue weighted by Gasteiger charge is 2.74. The Balaban J connectivity index is 1.67. The van der Waals surface area contributed by atoms with Gasteiger partial charge in [-0.1, -0.05) is 0 Å². The topological polar surface area (TPSA) is 151 Å². The molecular formula is C16H19N3O6. The lowest BCUT2D eigenvalue weighted by molar-refractivity contribution is -0.145.